The molecular formula is C44H84NO8P. The van der Waals surface area contributed by atoms with E-state index in [0.29, 0.717) is 13.0 Å². The second-order valence-electron chi connectivity index (χ2n) is 14.9. The molecule has 0 amide bonds. The van der Waals surface area contributed by atoms with Crippen molar-refractivity contribution in [2.75, 3.05) is 33.4 Å². The molecule has 0 bridgehead atoms. The third-order valence-corrected chi connectivity index (χ3v) is 10.6. The van der Waals surface area contributed by atoms with Gasteiger partial charge in [-0.25, -0.2) is 4.57 Å². The van der Waals surface area contributed by atoms with Gasteiger partial charge in [0.25, 0.3) is 0 Å². The average Bonchev–Trinajstić information content (AvgIpc) is 3.15. The van der Waals surface area contributed by atoms with Crippen LogP contribution in [0.3, 0.4) is 0 Å². The molecule has 0 aromatic carbocycles. The van der Waals surface area contributed by atoms with Crippen LogP contribution in [-0.2, 0) is 32.7 Å². The first kappa shape index (κ1) is 52.5. The maximum absolute atomic E-state index is 12.6. The minimum atomic E-state index is -4.35. The van der Waals surface area contributed by atoms with Crippen molar-refractivity contribution >= 4 is 19.8 Å². The first-order chi connectivity index (χ1) is 26.3. The van der Waals surface area contributed by atoms with Gasteiger partial charge in [0.1, 0.15) is 6.61 Å². The van der Waals surface area contributed by atoms with Gasteiger partial charge in [-0.05, 0) is 52.0 Å². The van der Waals surface area contributed by atoms with Crippen LogP contribution in [0.4, 0.5) is 0 Å². The Morgan fingerprint density at radius 2 is 1.00 bits per heavy atom. The lowest BCUT2D eigenvalue weighted by Crippen LogP contribution is -2.29. The number of hydrogen-bond donors (Lipinski definition) is 2. The number of ether oxygens (including phenoxy) is 2. The molecule has 54 heavy (non-hydrogen) atoms. The summed E-state index contributed by atoms with van der Waals surface area (Å²) in [6.07, 6.45) is 42.1. The Labute approximate surface area is 332 Å². The van der Waals surface area contributed by atoms with Crippen LogP contribution in [0.5, 0.6) is 0 Å². The van der Waals surface area contributed by atoms with Gasteiger partial charge >= 0.3 is 19.8 Å². The Bertz CT molecular complexity index is 944. The number of carbonyl (C=O) groups is 2. The van der Waals surface area contributed by atoms with Crippen molar-refractivity contribution in [1.82, 2.24) is 5.32 Å². The summed E-state index contributed by atoms with van der Waals surface area (Å²) in [7, 11) is -2.65. The lowest BCUT2D eigenvalue weighted by molar-refractivity contribution is -0.161. The zero-order valence-electron chi connectivity index (χ0n) is 35.2. The van der Waals surface area contributed by atoms with E-state index in [1.165, 1.54) is 122 Å². The molecule has 0 rings (SSSR count). The lowest BCUT2D eigenvalue weighted by atomic mass is 10.0. The fourth-order valence-corrected chi connectivity index (χ4v) is 6.92. The maximum atomic E-state index is 12.6. The Hall–Kier alpha value is -1.51. The molecular weight excluding hydrogens is 701 g/mol. The molecule has 0 radical (unpaired) electrons. The molecule has 2 unspecified atom stereocenters. The van der Waals surface area contributed by atoms with Crippen LogP contribution in [0.15, 0.2) is 24.3 Å². The van der Waals surface area contributed by atoms with E-state index >= 15 is 0 Å². The number of esters is 2. The zero-order valence-corrected chi connectivity index (χ0v) is 36.1. The van der Waals surface area contributed by atoms with Gasteiger partial charge in [0, 0.05) is 19.4 Å². The van der Waals surface area contributed by atoms with Crippen LogP contribution in [0.2, 0.25) is 0 Å². The fourth-order valence-electron chi connectivity index (χ4n) is 6.17. The van der Waals surface area contributed by atoms with E-state index in [9.17, 15) is 19.0 Å². The van der Waals surface area contributed by atoms with Crippen LogP contribution < -0.4 is 5.32 Å². The van der Waals surface area contributed by atoms with Crippen LogP contribution in [0.1, 0.15) is 206 Å². The van der Waals surface area contributed by atoms with E-state index in [2.05, 4.69) is 43.5 Å². The molecule has 0 aromatic heterocycles. The number of nitrogens with one attached hydrogen (secondary N) is 1. The van der Waals surface area contributed by atoms with Crippen LogP contribution in [0.25, 0.3) is 0 Å². The standard InChI is InChI=1S/C44H84NO8P/c1-4-6-8-10-12-14-16-18-20-21-23-24-26-28-30-32-34-36-43(46)50-40-42(41-52-54(48,49)51-39-38-45-3)53-44(47)37-35-33-31-29-27-25-22-19-17-15-13-11-9-7-5-2/h12,14,18,20,42,45H,4-11,13,15-17,19,21-41H2,1-3H3,(H,48,49)/b14-12-,20-18-. The molecule has 0 aliphatic rings. The predicted molar refractivity (Wildman–Crippen MR) is 225 cm³/mol. The number of likely N-dealkylation sites (N-methyl/N-ethyl adjacent to an activating group) is 1. The van der Waals surface area contributed by atoms with Crippen molar-refractivity contribution in [3.05, 3.63) is 24.3 Å². The molecule has 2 atom stereocenters. The molecule has 318 valence electrons. The molecule has 9 nitrogen and oxygen atoms in total. The number of phosphoric acid groups is 1. The van der Waals surface area contributed by atoms with Crippen molar-refractivity contribution in [3.63, 3.8) is 0 Å². The van der Waals surface area contributed by atoms with Gasteiger partial charge in [-0.15, -0.1) is 0 Å². The number of allylic oxidation sites excluding steroid dienone is 4. The van der Waals surface area contributed by atoms with E-state index in [1.54, 1.807) is 7.05 Å². The third-order valence-electron chi connectivity index (χ3n) is 9.57. The monoisotopic (exact) mass is 786 g/mol. The van der Waals surface area contributed by atoms with Crippen molar-refractivity contribution in [2.24, 2.45) is 0 Å². The van der Waals surface area contributed by atoms with Crippen molar-refractivity contribution in [2.45, 2.75) is 213 Å². The van der Waals surface area contributed by atoms with Gasteiger partial charge in [0.15, 0.2) is 6.10 Å². The van der Waals surface area contributed by atoms with Gasteiger partial charge in [-0.3, -0.25) is 18.6 Å². The summed E-state index contributed by atoms with van der Waals surface area (Å²) in [5.41, 5.74) is 0. The summed E-state index contributed by atoms with van der Waals surface area (Å²) in [4.78, 5) is 35.1. The Morgan fingerprint density at radius 1 is 0.574 bits per heavy atom. The Morgan fingerprint density at radius 3 is 1.50 bits per heavy atom. The smallest absolute Gasteiger partial charge is 0.462 e. The molecule has 0 aliphatic carbocycles. The molecule has 0 spiro atoms. The summed E-state index contributed by atoms with van der Waals surface area (Å²) in [6, 6.07) is 0. The molecule has 0 fully saturated rings. The molecule has 0 saturated carbocycles. The molecule has 0 heterocycles. The van der Waals surface area contributed by atoms with Gasteiger partial charge in [0.2, 0.25) is 0 Å². The highest BCUT2D eigenvalue weighted by Crippen LogP contribution is 2.43. The van der Waals surface area contributed by atoms with Crippen molar-refractivity contribution < 1.29 is 37.6 Å². The predicted octanol–water partition coefficient (Wildman–Crippen LogP) is 12.6. The molecule has 0 aliphatic heterocycles. The Balaban J connectivity index is 4.19. The van der Waals surface area contributed by atoms with Gasteiger partial charge < -0.3 is 19.7 Å². The number of hydrogen-bond acceptors (Lipinski definition) is 8. The fraction of sp³-hybridized carbons (Fsp3) is 0.864. The number of unbranched alkanes of at least 4 members (excludes halogenated alkanes) is 24. The molecule has 0 saturated heterocycles. The second kappa shape index (κ2) is 41.1. The normalized spacial score (nSPS) is 13.5. The first-order valence-corrected chi connectivity index (χ1v) is 23.8. The van der Waals surface area contributed by atoms with E-state index in [0.717, 1.165) is 51.4 Å². The summed E-state index contributed by atoms with van der Waals surface area (Å²) < 4.78 is 33.2. The molecule has 2 N–H and O–H groups in total. The quantitative estimate of drug-likeness (QED) is 0.0270. The summed E-state index contributed by atoms with van der Waals surface area (Å²) in [5.74, 6) is -0.807. The summed E-state index contributed by atoms with van der Waals surface area (Å²) in [5, 5.41) is 2.82. The minimum Gasteiger partial charge on any atom is -0.462 e. The lowest BCUT2D eigenvalue weighted by Gasteiger charge is -2.20. The van der Waals surface area contributed by atoms with Crippen LogP contribution >= 0.6 is 7.82 Å². The molecule has 10 heteroatoms. The second-order valence-corrected chi connectivity index (χ2v) is 16.3. The summed E-state index contributed by atoms with van der Waals surface area (Å²) in [6.45, 7) is 4.21. The first-order valence-electron chi connectivity index (χ1n) is 22.3. The minimum absolute atomic E-state index is 0.0163. The van der Waals surface area contributed by atoms with Crippen molar-refractivity contribution in [1.29, 1.82) is 0 Å². The highest BCUT2D eigenvalue weighted by molar-refractivity contribution is 7.47. The highest BCUT2D eigenvalue weighted by Gasteiger charge is 2.26. The summed E-state index contributed by atoms with van der Waals surface area (Å²) >= 11 is 0. The van der Waals surface area contributed by atoms with Gasteiger partial charge in [0.05, 0.1) is 13.2 Å². The topological polar surface area (TPSA) is 120 Å². The average molecular weight is 786 g/mol. The van der Waals surface area contributed by atoms with Gasteiger partial charge in [-0.2, -0.15) is 0 Å². The number of rotatable bonds is 42. The largest absolute Gasteiger partial charge is 0.472 e. The van der Waals surface area contributed by atoms with Crippen LogP contribution in [-0.4, -0.2) is 56.3 Å². The van der Waals surface area contributed by atoms with E-state index in [-0.39, 0.29) is 32.0 Å². The zero-order chi connectivity index (χ0) is 39.6. The molecule has 0 aromatic rings. The highest BCUT2D eigenvalue weighted by atomic mass is 31.2. The van der Waals surface area contributed by atoms with E-state index in [4.69, 9.17) is 18.5 Å². The maximum Gasteiger partial charge on any atom is 0.472 e. The Kier molecular flexibility index (Phi) is 40.0. The number of phosphoric ester groups is 1. The van der Waals surface area contributed by atoms with Crippen molar-refractivity contribution in [3.8, 4) is 0 Å². The van der Waals surface area contributed by atoms with E-state index in [1.807, 2.05) is 0 Å². The SMILES string of the molecule is CCCCC/C=C\C/C=C\CCCCCCCCCC(=O)OCC(COP(=O)(O)OCCNC)OC(=O)CCCCCCCCCCCCCCCCC. The number of carbonyl (C=O) groups excluding carboxylic acids is 2. The third kappa shape index (κ3) is 40.2. The van der Waals surface area contributed by atoms with Crippen LogP contribution in [0, 0.1) is 0 Å². The van der Waals surface area contributed by atoms with E-state index < -0.39 is 26.5 Å². The van der Waals surface area contributed by atoms with Gasteiger partial charge in [-0.1, -0.05) is 173 Å².